The summed E-state index contributed by atoms with van der Waals surface area (Å²) >= 11 is 0. The Morgan fingerprint density at radius 2 is 1.11 bits per heavy atom. The van der Waals surface area contributed by atoms with Gasteiger partial charge in [-0.05, 0) is 6.92 Å². The molecule has 5 N–H and O–H groups in total. The highest BCUT2D eigenvalue weighted by atomic mass is 31.2. The molecule has 0 aliphatic rings. The number of phosphoric ester groups is 1. The van der Waals surface area contributed by atoms with Gasteiger partial charge >= 0.3 is 7.82 Å². The minimum absolute atomic E-state index is 0.0198. The van der Waals surface area contributed by atoms with Crippen LogP contribution in [0.4, 0.5) is 0 Å². The second kappa shape index (κ2) is 16.8. The summed E-state index contributed by atoms with van der Waals surface area (Å²) in [6.07, 6.45) is -0.855. The molecule has 0 heterocycles. The van der Waals surface area contributed by atoms with Crippen molar-refractivity contribution in [3.8, 4) is 0 Å². The average Bonchev–Trinajstić information content (AvgIpc) is 2.61. The minimum atomic E-state index is -3.92. The molecule has 0 aromatic rings. The summed E-state index contributed by atoms with van der Waals surface area (Å²) in [4.78, 5) is 3.45. The molecule has 0 fully saturated rings. The molecule has 1 atom stereocenters. The molecule has 0 aliphatic carbocycles. The maximum atomic E-state index is 12.7. The fourth-order valence-corrected chi connectivity index (χ4v) is 3.34. The highest BCUT2D eigenvalue weighted by Crippen LogP contribution is 2.49. The lowest BCUT2D eigenvalue weighted by Crippen LogP contribution is -2.33. The van der Waals surface area contributed by atoms with Gasteiger partial charge in [-0.2, -0.15) is 0 Å². The predicted octanol–water partition coefficient (Wildman–Crippen LogP) is -1.90. The molecule has 0 amide bonds. The van der Waals surface area contributed by atoms with Gasteiger partial charge in [0.05, 0.1) is 52.4 Å². The topological polar surface area (TPSA) is 152 Å². The third-order valence-corrected chi connectivity index (χ3v) is 4.92. The lowest BCUT2D eigenvalue weighted by molar-refractivity contribution is 0.0543. The number of hydrogen-bond donors (Lipinski definition) is 5. The highest BCUT2D eigenvalue weighted by molar-refractivity contribution is 7.48. The van der Waals surface area contributed by atoms with Crippen LogP contribution in [0.1, 0.15) is 6.92 Å². The van der Waals surface area contributed by atoms with Crippen molar-refractivity contribution in [3.63, 3.8) is 0 Å². The molecule has 0 bridgehead atoms. The Kier molecular flexibility index (Phi) is 16.6. The number of aliphatic hydroxyl groups excluding tert-OH is 5. The van der Waals surface area contributed by atoms with Crippen molar-refractivity contribution in [1.29, 1.82) is 0 Å². The van der Waals surface area contributed by atoms with Crippen molar-refractivity contribution in [2.24, 2.45) is 0 Å². The Morgan fingerprint density at radius 3 is 1.41 bits per heavy atom. The van der Waals surface area contributed by atoms with Crippen LogP contribution in [0.3, 0.4) is 0 Å². The highest BCUT2D eigenvalue weighted by Gasteiger charge is 2.28. The molecule has 164 valence electrons. The molecule has 11 nitrogen and oxygen atoms in total. The fourth-order valence-electron chi connectivity index (χ4n) is 2.11. The normalized spacial score (nSPS) is 13.6. The maximum absolute atomic E-state index is 12.7. The van der Waals surface area contributed by atoms with E-state index in [1.807, 2.05) is 0 Å². The van der Waals surface area contributed by atoms with Crippen LogP contribution in [0.2, 0.25) is 0 Å². The summed E-state index contributed by atoms with van der Waals surface area (Å²) < 4.78 is 28.4. The zero-order valence-corrected chi connectivity index (χ0v) is 16.9. The van der Waals surface area contributed by atoms with Gasteiger partial charge in [-0.3, -0.25) is 23.4 Å². The SMILES string of the molecule is CC(O)COP(=O)(OCCN(CCO)CCO)OCCN(CCO)CCO. The third kappa shape index (κ3) is 14.5. The second-order valence-corrected chi connectivity index (χ2v) is 7.51. The van der Waals surface area contributed by atoms with Crippen molar-refractivity contribution in [2.75, 3.05) is 85.5 Å². The molecule has 0 saturated carbocycles. The van der Waals surface area contributed by atoms with Crippen LogP contribution in [0.15, 0.2) is 0 Å². The lowest BCUT2D eigenvalue weighted by atomic mass is 10.4. The first kappa shape index (κ1) is 26.8. The first-order chi connectivity index (χ1) is 12.9. The summed E-state index contributed by atoms with van der Waals surface area (Å²) in [5.41, 5.74) is 0. The smallest absolute Gasteiger partial charge is 0.395 e. The first-order valence-electron chi connectivity index (χ1n) is 9.00. The van der Waals surface area contributed by atoms with Gasteiger partial charge in [0.25, 0.3) is 0 Å². The molecular formula is C15H35N2O9P. The summed E-state index contributed by atoms with van der Waals surface area (Å²) in [5, 5.41) is 45.3. The Balaban J connectivity index is 4.57. The Hall–Kier alpha value is -0.170. The largest absolute Gasteiger partial charge is 0.474 e. The zero-order valence-electron chi connectivity index (χ0n) is 16.0. The van der Waals surface area contributed by atoms with E-state index in [9.17, 15) is 9.67 Å². The molecule has 0 aliphatic heterocycles. The molecular weight excluding hydrogens is 383 g/mol. The van der Waals surface area contributed by atoms with E-state index in [1.54, 1.807) is 9.80 Å². The second-order valence-electron chi connectivity index (χ2n) is 5.84. The maximum Gasteiger partial charge on any atom is 0.474 e. The van der Waals surface area contributed by atoms with Gasteiger partial charge in [-0.1, -0.05) is 0 Å². The van der Waals surface area contributed by atoms with Gasteiger partial charge in [0.2, 0.25) is 0 Å². The Bertz CT molecular complexity index is 352. The quantitative estimate of drug-likeness (QED) is 0.150. The van der Waals surface area contributed by atoms with Crippen LogP contribution in [-0.2, 0) is 18.1 Å². The van der Waals surface area contributed by atoms with Crippen LogP contribution in [0.5, 0.6) is 0 Å². The molecule has 0 aromatic carbocycles. The standard InChI is InChI=1S/C15H35N2O9P/c1-15(22)14-26-27(23,24-12-6-16(2-8-18)3-9-19)25-13-7-17(4-10-20)5-11-21/h15,18-22H,2-14H2,1H3. The van der Waals surface area contributed by atoms with Gasteiger partial charge in [-0.25, -0.2) is 4.57 Å². The van der Waals surface area contributed by atoms with Crippen molar-refractivity contribution < 1.29 is 43.7 Å². The van der Waals surface area contributed by atoms with E-state index >= 15 is 0 Å². The minimum Gasteiger partial charge on any atom is -0.395 e. The molecule has 0 rings (SSSR count). The molecule has 12 heteroatoms. The van der Waals surface area contributed by atoms with Crippen LogP contribution < -0.4 is 0 Å². The summed E-state index contributed by atoms with van der Waals surface area (Å²) in [6.45, 7) is 2.80. The molecule has 27 heavy (non-hydrogen) atoms. The van der Waals surface area contributed by atoms with Gasteiger partial charge in [0.1, 0.15) is 0 Å². The number of phosphoric acid groups is 1. The van der Waals surface area contributed by atoms with E-state index in [4.69, 9.17) is 34.0 Å². The van der Waals surface area contributed by atoms with Crippen LogP contribution in [0, 0.1) is 0 Å². The van der Waals surface area contributed by atoms with Gasteiger partial charge in [-0.15, -0.1) is 0 Å². The van der Waals surface area contributed by atoms with E-state index in [2.05, 4.69) is 0 Å². The molecule has 0 radical (unpaired) electrons. The molecule has 1 unspecified atom stereocenters. The molecule has 0 aromatic heterocycles. The van der Waals surface area contributed by atoms with Crippen molar-refractivity contribution in [1.82, 2.24) is 9.80 Å². The Labute approximate surface area is 160 Å². The van der Waals surface area contributed by atoms with Crippen LogP contribution in [0.25, 0.3) is 0 Å². The summed E-state index contributed by atoms with van der Waals surface area (Å²) in [7, 11) is -3.92. The first-order valence-corrected chi connectivity index (χ1v) is 10.5. The van der Waals surface area contributed by atoms with Gasteiger partial charge in [0.15, 0.2) is 0 Å². The number of hydrogen-bond acceptors (Lipinski definition) is 11. The van der Waals surface area contributed by atoms with E-state index in [0.29, 0.717) is 39.3 Å². The van der Waals surface area contributed by atoms with E-state index in [0.717, 1.165) is 0 Å². The van der Waals surface area contributed by atoms with E-state index < -0.39 is 13.9 Å². The van der Waals surface area contributed by atoms with Crippen LogP contribution in [-0.4, -0.2) is 127 Å². The van der Waals surface area contributed by atoms with Gasteiger partial charge < -0.3 is 25.5 Å². The predicted molar refractivity (Wildman–Crippen MR) is 98.4 cm³/mol. The van der Waals surface area contributed by atoms with Crippen molar-refractivity contribution in [2.45, 2.75) is 13.0 Å². The number of rotatable bonds is 19. The zero-order chi connectivity index (χ0) is 20.5. The number of aliphatic hydroxyl groups is 5. The average molecular weight is 418 g/mol. The molecule has 0 saturated heterocycles. The van der Waals surface area contributed by atoms with Crippen LogP contribution >= 0.6 is 7.82 Å². The van der Waals surface area contributed by atoms with Crippen molar-refractivity contribution in [3.05, 3.63) is 0 Å². The van der Waals surface area contributed by atoms with E-state index in [1.165, 1.54) is 6.92 Å². The van der Waals surface area contributed by atoms with E-state index in [-0.39, 0.29) is 46.2 Å². The molecule has 0 spiro atoms. The Morgan fingerprint density at radius 1 is 0.741 bits per heavy atom. The summed E-state index contributed by atoms with van der Waals surface area (Å²) in [6, 6.07) is 0. The van der Waals surface area contributed by atoms with Gasteiger partial charge in [0, 0.05) is 39.3 Å². The monoisotopic (exact) mass is 418 g/mol. The lowest BCUT2D eigenvalue weighted by Gasteiger charge is -2.24. The van der Waals surface area contributed by atoms with Crippen molar-refractivity contribution >= 4 is 7.82 Å². The number of nitrogens with zero attached hydrogens (tertiary/aromatic N) is 2. The third-order valence-electron chi connectivity index (χ3n) is 3.45. The summed E-state index contributed by atoms with van der Waals surface area (Å²) in [5.74, 6) is 0. The fraction of sp³-hybridized carbons (Fsp3) is 1.00.